The van der Waals surface area contributed by atoms with Gasteiger partial charge in [0.2, 0.25) is 0 Å². The van der Waals surface area contributed by atoms with Gasteiger partial charge >= 0.3 is 0 Å². The highest BCUT2D eigenvalue weighted by atomic mass is 16.5. The second-order valence-electron chi connectivity index (χ2n) is 4.66. The summed E-state index contributed by atoms with van der Waals surface area (Å²) in [5, 5.41) is 0. The summed E-state index contributed by atoms with van der Waals surface area (Å²) in [6.07, 6.45) is 0. The molecule has 17 heavy (non-hydrogen) atoms. The van der Waals surface area contributed by atoms with Gasteiger partial charge in [-0.15, -0.1) is 0 Å². The maximum atomic E-state index is 11.7. The molecule has 0 fully saturated rings. The lowest BCUT2D eigenvalue weighted by Crippen LogP contribution is -2.36. The van der Waals surface area contributed by atoms with Gasteiger partial charge < -0.3 is 9.64 Å². The van der Waals surface area contributed by atoms with Crippen LogP contribution in [0.2, 0.25) is 0 Å². The van der Waals surface area contributed by atoms with Crippen LogP contribution in [0.1, 0.15) is 25.0 Å². The van der Waals surface area contributed by atoms with E-state index in [0.29, 0.717) is 0 Å². The summed E-state index contributed by atoms with van der Waals surface area (Å²) >= 11 is 0. The third-order valence-corrected chi connectivity index (χ3v) is 2.85. The fourth-order valence-corrected chi connectivity index (χ4v) is 1.49. The first-order chi connectivity index (χ1) is 7.91. The number of benzene rings is 1. The first-order valence-corrected chi connectivity index (χ1v) is 5.87. The molecule has 0 aromatic heterocycles. The average molecular weight is 235 g/mol. The topological polar surface area (TPSA) is 29.5 Å². The minimum absolute atomic E-state index is 0.0000231. The Labute approximate surface area is 103 Å². The van der Waals surface area contributed by atoms with Crippen molar-refractivity contribution in [3.05, 3.63) is 29.3 Å². The number of nitrogens with zero attached hydrogens (tertiary/aromatic N) is 1. The monoisotopic (exact) mass is 235 g/mol. The minimum atomic E-state index is -0.0000231. The number of likely N-dealkylation sites (N-methyl/N-ethyl adjacent to an activating group) is 1. The van der Waals surface area contributed by atoms with Crippen LogP contribution in [0.5, 0.6) is 5.75 Å². The van der Waals surface area contributed by atoms with Crippen molar-refractivity contribution in [2.45, 2.75) is 33.7 Å². The Morgan fingerprint density at radius 1 is 1.35 bits per heavy atom. The zero-order valence-electron chi connectivity index (χ0n) is 11.3. The Morgan fingerprint density at radius 3 is 2.53 bits per heavy atom. The molecule has 0 aliphatic heterocycles. The molecule has 0 atom stereocenters. The van der Waals surface area contributed by atoms with Crippen molar-refractivity contribution in [1.29, 1.82) is 0 Å². The molecule has 0 aliphatic carbocycles. The summed E-state index contributed by atoms with van der Waals surface area (Å²) < 4.78 is 5.53. The normalized spacial score (nSPS) is 10.5. The van der Waals surface area contributed by atoms with E-state index in [4.69, 9.17) is 4.74 Å². The van der Waals surface area contributed by atoms with Gasteiger partial charge in [0.25, 0.3) is 5.91 Å². The molecule has 0 spiro atoms. The number of amides is 1. The number of hydrogen-bond donors (Lipinski definition) is 0. The molecule has 0 saturated carbocycles. The van der Waals surface area contributed by atoms with Gasteiger partial charge in [0.15, 0.2) is 6.61 Å². The smallest absolute Gasteiger partial charge is 0.260 e. The summed E-state index contributed by atoms with van der Waals surface area (Å²) in [6, 6.07) is 6.14. The Morgan fingerprint density at radius 2 is 2.00 bits per heavy atom. The van der Waals surface area contributed by atoms with Gasteiger partial charge in [-0.3, -0.25) is 4.79 Å². The number of ether oxygens (including phenoxy) is 1. The zero-order chi connectivity index (χ0) is 13.0. The molecule has 3 heteroatoms. The fraction of sp³-hybridized carbons (Fsp3) is 0.500. The van der Waals surface area contributed by atoms with E-state index in [9.17, 15) is 4.79 Å². The largest absolute Gasteiger partial charge is 0.484 e. The molecule has 0 radical (unpaired) electrons. The van der Waals surface area contributed by atoms with Crippen LogP contribution in [-0.2, 0) is 4.79 Å². The van der Waals surface area contributed by atoms with Crippen LogP contribution < -0.4 is 4.74 Å². The van der Waals surface area contributed by atoms with Gasteiger partial charge in [0, 0.05) is 13.1 Å². The van der Waals surface area contributed by atoms with Crippen molar-refractivity contribution >= 4 is 5.91 Å². The van der Waals surface area contributed by atoms with Crippen LogP contribution >= 0.6 is 0 Å². The molecular formula is C14H21NO2. The van der Waals surface area contributed by atoms with E-state index in [2.05, 4.69) is 0 Å². The van der Waals surface area contributed by atoms with E-state index in [0.717, 1.165) is 11.3 Å². The highest BCUT2D eigenvalue weighted by Crippen LogP contribution is 2.18. The van der Waals surface area contributed by atoms with Gasteiger partial charge in [-0.05, 0) is 39.3 Å². The lowest BCUT2D eigenvalue weighted by atomic mass is 10.1. The minimum Gasteiger partial charge on any atom is -0.484 e. The zero-order valence-corrected chi connectivity index (χ0v) is 11.3. The molecular weight excluding hydrogens is 214 g/mol. The molecule has 0 unspecified atom stereocenters. The second kappa shape index (κ2) is 5.71. The Bertz CT molecular complexity index is 399. The molecule has 94 valence electrons. The fourth-order valence-electron chi connectivity index (χ4n) is 1.49. The van der Waals surface area contributed by atoms with Gasteiger partial charge in [-0.1, -0.05) is 17.7 Å². The van der Waals surface area contributed by atoms with Gasteiger partial charge in [0.05, 0.1) is 0 Å². The molecule has 0 aliphatic rings. The third kappa shape index (κ3) is 3.77. The highest BCUT2D eigenvalue weighted by molar-refractivity contribution is 5.77. The molecule has 1 amide bonds. The van der Waals surface area contributed by atoms with Gasteiger partial charge in [-0.25, -0.2) is 0 Å². The van der Waals surface area contributed by atoms with Crippen molar-refractivity contribution in [2.75, 3.05) is 13.7 Å². The van der Waals surface area contributed by atoms with Gasteiger partial charge in [-0.2, -0.15) is 0 Å². The Balaban J connectivity index is 2.59. The molecule has 1 rings (SSSR count). The molecule has 0 bridgehead atoms. The summed E-state index contributed by atoms with van der Waals surface area (Å²) in [5.74, 6) is 0.779. The quantitative estimate of drug-likeness (QED) is 0.802. The number of aryl methyl sites for hydroxylation is 2. The SMILES string of the molecule is Cc1ccc(OCC(=O)N(C)C(C)C)c(C)c1. The number of rotatable bonds is 4. The van der Waals surface area contributed by atoms with Gasteiger partial charge in [0.1, 0.15) is 5.75 Å². The van der Waals surface area contributed by atoms with Crippen LogP contribution in [0.15, 0.2) is 18.2 Å². The lowest BCUT2D eigenvalue weighted by molar-refractivity contribution is -0.133. The van der Waals surface area contributed by atoms with Crippen molar-refractivity contribution in [2.24, 2.45) is 0 Å². The Kier molecular flexibility index (Phi) is 4.55. The van der Waals surface area contributed by atoms with Crippen molar-refractivity contribution in [1.82, 2.24) is 4.90 Å². The van der Waals surface area contributed by atoms with Crippen molar-refractivity contribution in [3.63, 3.8) is 0 Å². The molecule has 0 saturated heterocycles. The molecule has 1 aromatic rings. The van der Waals surface area contributed by atoms with Crippen LogP contribution in [0.4, 0.5) is 0 Å². The summed E-state index contributed by atoms with van der Waals surface area (Å²) in [5.41, 5.74) is 2.26. The van der Waals surface area contributed by atoms with E-state index >= 15 is 0 Å². The van der Waals surface area contributed by atoms with Crippen LogP contribution in [-0.4, -0.2) is 30.5 Å². The van der Waals surface area contributed by atoms with Crippen LogP contribution in [0.3, 0.4) is 0 Å². The molecule has 1 aromatic carbocycles. The predicted molar refractivity (Wildman–Crippen MR) is 69.3 cm³/mol. The standard InChI is InChI=1S/C14H21NO2/c1-10(2)15(5)14(16)9-17-13-7-6-11(3)8-12(13)4/h6-8,10H,9H2,1-5H3. The maximum Gasteiger partial charge on any atom is 0.260 e. The summed E-state index contributed by atoms with van der Waals surface area (Å²) in [6.45, 7) is 8.08. The number of carbonyl (C=O) groups excluding carboxylic acids is 1. The maximum absolute atomic E-state index is 11.7. The molecule has 0 heterocycles. The van der Waals surface area contributed by atoms with E-state index in [1.807, 2.05) is 45.9 Å². The number of hydrogen-bond acceptors (Lipinski definition) is 2. The van der Waals surface area contributed by atoms with E-state index in [1.54, 1.807) is 11.9 Å². The molecule has 0 N–H and O–H groups in total. The highest BCUT2D eigenvalue weighted by Gasteiger charge is 2.12. The van der Waals surface area contributed by atoms with Crippen molar-refractivity contribution < 1.29 is 9.53 Å². The number of carbonyl (C=O) groups is 1. The first kappa shape index (κ1) is 13.6. The third-order valence-electron chi connectivity index (χ3n) is 2.85. The Hall–Kier alpha value is -1.51. The first-order valence-electron chi connectivity index (χ1n) is 5.87. The summed E-state index contributed by atoms with van der Waals surface area (Å²) in [7, 11) is 1.79. The second-order valence-corrected chi connectivity index (χ2v) is 4.66. The lowest BCUT2D eigenvalue weighted by Gasteiger charge is -2.21. The van der Waals surface area contributed by atoms with Crippen LogP contribution in [0.25, 0.3) is 0 Å². The average Bonchev–Trinajstić information content (AvgIpc) is 2.26. The van der Waals surface area contributed by atoms with Crippen LogP contribution in [0, 0.1) is 13.8 Å². The molecule has 3 nitrogen and oxygen atoms in total. The van der Waals surface area contributed by atoms with Crippen molar-refractivity contribution in [3.8, 4) is 5.75 Å². The van der Waals surface area contributed by atoms with E-state index in [1.165, 1.54) is 5.56 Å². The van der Waals surface area contributed by atoms with E-state index in [-0.39, 0.29) is 18.6 Å². The predicted octanol–water partition coefficient (Wildman–Crippen LogP) is 2.55. The van der Waals surface area contributed by atoms with E-state index < -0.39 is 0 Å². The summed E-state index contributed by atoms with van der Waals surface area (Å²) in [4.78, 5) is 13.4.